The van der Waals surface area contributed by atoms with Gasteiger partial charge in [0.05, 0.1) is 0 Å². The minimum atomic E-state index is 0.0262. The number of nitrogens with zero attached hydrogens (tertiary/aromatic N) is 2. The molecule has 0 aromatic heterocycles. The monoisotopic (exact) mass is 483 g/mol. The molecule has 2 fully saturated rings. The first-order valence-corrected chi connectivity index (χ1v) is 13.3. The van der Waals surface area contributed by atoms with Gasteiger partial charge in [0, 0.05) is 57.5 Å². The van der Waals surface area contributed by atoms with Crippen LogP contribution in [0.5, 0.6) is 0 Å². The average molecular weight is 484 g/mol. The number of piperidine rings is 1. The fraction of sp³-hybridized carbons (Fsp3) is 0.419. The fourth-order valence-corrected chi connectivity index (χ4v) is 6.10. The van der Waals surface area contributed by atoms with Crippen molar-refractivity contribution < 1.29 is 9.59 Å². The van der Waals surface area contributed by atoms with Crippen LogP contribution in [0.3, 0.4) is 0 Å². The molecule has 5 rings (SSSR count). The number of fused-ring (bicyclic) bond motifs is 1. The second-order valence-corrected chi connectivity index (χ2v) is 10.5. The fourth-order valence-electron chi connectivity index (χ4n) is 6.10. The summed E-state index contributed by atoms with van der Waals surface area (Å²) < 4.78 is 0. The van der Waals surface area contributed by atoms with Crippen LogP contribution in [0.2, 0.25) is 0 Å². The number of carbonyl (C=O) groups excluding carboxylic acids is 2. The van der Waals surface area contributed by atoms with Crippen LogP contribution in [-0.4, -0.2) is 54.3 Å². The molecular formula is C31H37N3O2. The quantitative estimate of drug-likeness (QED) is 0.537. The highest BCUT2D eigenvalue weighted by Crippen LogP contribution is 2.35. The molecule has 2 aliphatic rings. The van der Waals surface area contributed by atoms with Crippen molar-refractivity contribution in [2.45, 2.75) is 38.6 Å². The van der Waals surface area contributed by atoms with E-state index < -0.39 is 0 Å². The number of benzene rings is 3. The molecule has 2 saturated heterocycles. The van der Waals surface area contributed by atoms with E-state index in [0.717, 1.165) is 32.5 Å². The summed E-state index contributed by atoms with van der Waals surface area (Å²) in [6, 6.07) is 25.9. The molecule has 0 saturated carbocycles. The molecule has 1 N–H and O–H groups in total. The lowest BCUT2D eigenvalue weighted by molar-refractivity contribution is -0.139. The normalized spacial score (nSPS) is 21.6. The highest BCUT2D eigenvalue weighted by Gasteiger charge is 2.39. The third-order valence-electron chi connectivity index (χ3n) is 8.25. The Morgan fingerprint density at radius 2 is 1.58 bits per heavy atom. The molecule has 3 aromatic carbocycles. The van der Waals surface area contributed by atoms with E-state index in [-0.39, 0.29) is 23.8 Å². The van der Waals surface area contributed by atoms with Gasteiger partial charge in [-0.2, -0.15) is 0 Å². The van der Waals surface area contributed by atoms with Crippen molar-refractivity contribution in [1.29, 1.82) is 0 Å². The molecular weight excluding hydrogens is 446 g/mol. The van der Waals surface area contributed by atoms with E-state index in [9.17, 15) is 9.59 Å². The van der Waals surface area contributed by atoms with Gasteiger partial charge in [-0.3, -0.25) is 9.59 Å². The number of likely N-dealkylation sites (tertiary alicyclic amines) is 2. The number of carbonyl (C=O) groups is 2. The summed E-state index contributed by atoms with van der Waals surface area (Å²) in [6.07, 6.45) is 1.54. The SMILES string of the molecule is CC(=O)N1CCC(C(=O)N2CC(CNC(C)c3cccc4ccccc34)C(c3ccccc3)C2)CC1. The van der Waals surface area contributed by atoms with Gasteiger partial charge in [0.2, 0.25) is 11.8 Å². The topological polar surface area (TPSA) is 52.7 Å². The molecule has 5 heteroatoms. The van der Waals surface area contributed by atoms with Crippen LogP contribution in [0.4, 0.5) is 0 Å². The highest BCUT2D eigenvalue weighted by atomic mass is 16.2. The molecule has 188 valence electrons. The van der Waals surface area contributed by atoms with Crippen molar-refractivity contribution in [3.8, 4) is 0 Å². The van der Waals surface area contributed by atoms with Crippen LogP contribution in [0, 0.1) is 11.8 Å². The maximum atomic E-state index is 13.5. The Hall–Kier alpha value is -3.18. The number of amides is 2. The van der Waals surface area contributed by atoms with Crippen molar-refractivity contribution >= 4 is 22.6 Å². The maximum Gasteiger partial charge on any atom is 0.225 e. The van der Waals surface area contributed by atoms with E-state index in [1.54, 1.807) is 6.92 Å². The Balaban J connectivity index is 1.28. The summed E-state index contributed by atoms with van der Waals surface area (Å²) >= 11 is 0. The van der Waals surface area contributed by atoms with Crippen LogP contribution < -0.4 is 5.32 Å². The number of rotatable bonds is 6. The van der Waals surface area contributed by atoms with Crippen molar-refractivity contribution in [3.63, 3.8) is 0 Å². The molecule has 0 aliphatic carbocycles. The van der Waals surface area contributed by atoms with Crippen LogP contribution in [0.25, 0.3) is 10.8 Å². The molecule has 36 heavy (non-hydrogen) atoms. The first-order valence-electron chi connectivity index (χ1n) is 13.3. The van der Waals surface area contributed by atoms with Gasteiger partial charge in [-0.15, -0.1) is 0 Å². The number of hydrogen-bond acceptors (Lipinski definition) is 3. The van der Waals surface area contributed by atoms with Crippen molar-refractivity contribution in [1.82, 2.24) is 15.1 Å². The summed E-state index contributed by atoms with van der Waals surface area (Å²) in [4.78, 5) is 29.2. The summed E-state index contributed by atoms with van der Waals surface area (Å²) in [5.74, 6) is 1.07. The second kappa shape index (κ2) is 10.8. The molecule has 0 bridgehead atoms. The third kappa shape index (κ3) is 5.17. The van der Waals surface area contributed by atoms with E-state index in [4.69, 9.17) is 0 Å². The average Bonchev–Trinajstić information content (AvgIpc) is 3.36. The second-order valence-electron chi connectivity index (χ2n) is 10.5. The van der Waals surface area contributed by atoms with E-state index in [0.29, 0.717) is 24.9 Å². The zero-order valence-electron chi connectivity index (χ0n) is 21.4. The third-order valence-corrected chi connectivity index (χ3v) is 8.25. The van der Waals surface area contributed by atoms with Gasteiger partial charge in [-0.1, -0.05) is 72.8 Å². The van der Waals surface area contributed by atoms with Gasteiger partial charge < -0.3 is 15.1 Å². The smallest absolute Gasteiger partial charge is 0.225 e. The van der Waals surface area contributed by atoms with Crippen molar-refractivity contribution in [2.75, 3.05) is 32.7 Å². The Kier molecular flexibility index (Phi) is 7.38. The predicted octanol–water partition coefficient (Wildman–Crippen LogP) is 4.99. The van der Waals surface area contributed by atoms with Crippen molar-refractivity contribution in [3.05, 3.63) is 83.9 Å². The number of hydrogen-bond donors (Lipinski definition) is 1. The molecule has 3 unspecified atom stereocenters. The molecule has 2 aliphatic heterocycles. The highest BCUT2D eigenvalue weighted by molar-refractivity contribution is 5.86. The van der Waals surface area contributed by atoms with Gasteiger partial charge in [0.15, 0.2) is 0 Å². The Morgan fingerprint density at radius 1 is 0.889 bits per heavy atom. The summed E-state index contributed by atoms with van der Waals surface area (Å²) in [6.45, 7) is 7.64. The largest absolute Gasteiger partial charge is 0.343 e. The van der Waals surface area contributed by atoms with Crippen LogP contribution in [0.15, 0.2) is 72.8 Å². The predicted molar refractivity (Wildman–Crippen MR) is 145 cm³/mol. The standard InChI is InChI=1S/C31H37N3O2/c1-22(28-14-8-12-24-11-6-7-13-29(24)28)32-19-27-20-34(21-30(27)25-9-4-3-5-10-25)31(36)26-15-17-33(18-16-26)23(2)35/h3-14,22,26-27,30,32H,15-21H2,1-2H3. The lowest BCUT2D eigenvalue weighted by atomic mass is 9.88. The van der Waals surface area contributed by atoms with E-state index >= 15 is 0 Å². The first-order chi connectivity index (χ1) is 17.5. The van der Waals surface area contributed by atoms with E-state index in [2.05, 4.69) is 89.9 Å². The van der Waals surface area contributed by atoms with E-state index in [1.165, 1.54) is 21.9 Å². The molecule has 2 heterocycles. The maximum absolute atomic E-state index is 13.5. The van der Waals surface area contributed by atoms with Gasteiger partial charge in [-0.05, 0) is 47.6 Å². The molecule has 0 radical (unpaired) electrons. The zero-order valence-corrected chi connectivity index (χ0v) is 21.4. The molecule has 3 aromatic rings. The van der Waals surface area contributed by atoms with Gasteiger partial charge in [0.1, 0.15) is 0 Å². The zero-order chi connectivity index (χ0) is 25.1. The Morgan fingerprint density at radius 3 is 2.33 bits per heavy atom. The van der Waals surface area contributed by atoms with Crippen LogP contribution in [0.1, 0.15) is 49.8 Å². The lowest BCUT2D eigenvalue weighted by Gasteiger charge is -2.32. The van der Waals surface area contributed by atoms with E-state index in [1.807, 2.05) is 4.90 Å². The Bertz CT molecular complexity index is 1200. The minimum absolute atomic E-state index is 0.0262. The summed E-state index contributed by atoms with van der Waals surface area (Å²) in [5, 5.41) is 6.36. The molecule has 0 spiro atoms. The van der Waals surface area contributed by atoms with Crippen molar-refractivity contribution in [2.24, 2.45) is 11.8 Å². The number of nitrogens with one attached hydrogen (secondary N) is 1. The minimum Gasteiger partial charge on any atom is -0.343 e. The molecule has 3 atom stereocenters. The summed E-state index contributed by atoms with van der Waals surface area (Å²) in [5.41, 5.74) is 2.62. The van der Waals surface area contributed by atoms with Gasteiger partial charge in [0.25, 0.3) is 0 Å². The van der Waals surface area contributed by atoms with Gasteiger partial charge in [-0.25, -0.2) is 0 Å². The lowest BCUT2D eigenvalue weighted by Crippen LogP contribution is -2.43. The molecule has 5 nitrogen and oxygen atoms in total. The Labute approximate surface area is 214 Å². The van der Waals surface area contributed by atoms with Gasteiger partial charge >= 0.3 is 0 Å². The first kappa shape index (κ1) is 24.5. The van der Waals surface area contributed by atoms with Crippen LogP contribution >= 0.6 is 0 Å². The van der Waals surface area contributed by atoms with Crippen LogP contribution in [-0.2, 0) is 9.59 Å². The summed E-state index contributed by atoms with van der Waals surface area (Å²) in [7, 11) is 0. The molecule has 2 amide bonds.